The molecule has 144 valence electrons. The van der Waals surface area contributed by atoms with E-state index < -0.39 is 6.04 Å². The Kier molecular flexibility index (Phi) is 4.86. The van der Waals surface area contributed by atoms with Crippen molar-refractivity contribution in [3.05, 3.63) is 65.7 Å². The third-order valence-corrected chi connectivity index (χ3v) is 5.50. The van der Waals surface area contributed by atoms with E-state index in [0.717, 1.165) is 11.3 Å². The molecular formula is C22H23N3O3. The van der Waals surface area contributed by atoms with Gasteiger partial charge in [0.05, 0.1) is 0 Å². The molecule has 2 aliphatic rings. The Balaban J connectivity index is 1.47. The fourth-order valence-corrected chi connectivity index (χ4v) is 4.01. The average Bonchev–Trinajstić information content (AvgIpc) is 3.06. The molecule has 0 spiro atoms. The Bertz CT molecular complexity index is 912. The van der Waals surface area contributed by atoms with E-state index in [1.165, 1.54) is 0 Å². The van der Waals surface area contributed by atoms with Gasteiger partial charge in [0.25, 0.3) is 5.91 Å². The number of carbonyl (C=O) groups excluding carboxylic acids is 3. The maximum atomic E-state index is 13.2. The highest BCUT2D eigenvalue weighted by atomic mass is 16.2. The highest BCUT2D eigenvalue weighted by molar-refractivity contribution is 6.02. The molecule has 0 N–H and O–H groups in total. The van der Waals surface area contributed by atoms with Crippen molar-refractivity contribution < 1.29 is 14.4 Å². The first-order valence-electron chi connectivity index (χ1n) is 9.63. The summed E-state index contributed by atoms with van der Waals surface area (Å²) < 4.78 is 0. The summed E-state index contributed by atoms with van der Waals surface area (Å²) in [6.07, 6.45) is 0.519. The van der Waals surface area contributed by atoms with E-state index in [9.17, 15) is 14.4 Å². The second kappa shape index (κ2) is 7.46. The molecule has 0 radical (unpaired) electrons. The van der Waals surface area contributed by atoms with Crippen molar-refractivity contribution in [1.82, 2.24) is 9.80 Å². The summed E-state index contributed by atoms with van der Waals surface area (Å²) >= 11 is 0. The van der Waals surface area contributed by atoms with E-state index in [0.29, 0.717) is 31.6 Å². The predicted octanol–water partition coefficient (Wildman–Crippen LogP) is 2.30. The van der Waals surface area contributed by atoms with Crippen molar-refractivity contribution in [2.45, 2.75) is 25.9 Å². The molecule has 6 heteroatoms. The van der Waals surface area contributed by atoms with Crippen molar-refractivity contribution >= 4 is 23.4 Å². The van der Waals surface area contributed by atoms with Crippen molar-refractivity contribution in [1.29, 1.82) is 0 Å². The zero-order chi connectivity index (χ0) is 19.7. The average molecular weight is 377 g/mol. The quantitative estimate of drug-likeness (QED) is 0.821. The van der Waals surface area contributed by atoms with Crippen molar-refractivity contribution in [2.24, 2.45) is 0 Å². The van der Waals surface area contributed by atoms with Gasteiger partial charge >= 0.3 is 0 Å². The summed E-state index contributed by atoms with van der Waals surface area (Å²) in [4.78, 5) is 43.5. The second-order valence-electron chi connectivity index (χ2n) is 7.15. The first kappa shape index (κ1) is 18.2. The lowest BCUT2D eigenvalue weighted by atomic mass is 10.1. The summed E-state index contributed by atoms with van der Waals surface area (Å²) in [5, 5.41) is 0. The molecule has 1 fully saturated rings. The third-order valence-electron chi connectivity index (χ3n) is 5.50. The molecule has 1 atom stereocenters. The predicted molar refractivity (Wildman–Crippen MR) is 106 cm³/mol. The fourth-order valence-electron chi connectivity index (χ4n) is 4.01. The highest BCUT2D eigenvalue weighted by Crippen LogP contribution is 2.27. The Morgan fingerprint density at radius 1 is 0.964 bits per heavy atom. The lowest BCUT2D eigenvalue weighted by molar-refractivity contribution is -0.140. The lowest BCUT2D eigenvalue weighted by Crippen LogP contribution is -2.57. The van der Waals surface area contributed by atoms with Crippen LogP contribution in [0.4, 0.5) is 5.69 Å². The topological polar surface area (TPSA) is 60.9 Å². The minimum Gasteiger partial charge on any atom is -0.330 e. The van der Waals surface area contributed by atoms with E-state index in [-0.39, 0.29) is 24.3 Å². The normalized spacial score (nSPS) is 17.7. The van der Waals surface area contributed by atoms with E-state index in [1.807, 2.05) is 55.5 Å². The molecule has 2 aromatic carbocycles. The highest BCUT2D eigenvalue weighted by Gasteiger charge is 2.38. The van der Waals surface area contributed by atoms with Crippen LogP contribution in [0.3, 0.4) is 0 Å². The van der Waals surface area contributed by atoms with Gasteiger partial charge in [-0.05, 0) is 30.2 Å². The second-order valence-corrected chi connectivity index (χ2v) is 7.15. The van der Waals surface area contributed by atoms with Crippen LogP contribution in [0.25, 0.3) is 0 Å². The molecule has 3 amide bonds. The number of carbonyl (C=O) groups is 3. The molecule has 0 aliphatic carbocycles. The monoisotopic (exact) mass is 377 g/mol. The number of amides is 3. The molecule has 2 aromatic rings. The van der Waals surface area contributed by atoms with Gasteiger partial charge in [0.2, 0.25) is 11.8 Å². The van der Waals surface area contributed by atoms with E-state index in [1.54, 1.807) is 20.8 Å². The molecule has 28 heavy (non-hydrogen) atoms. The Morgan fingerprint density at radius 2 is 1.68 bits per heavy atom. The molecule has 0 aromatic heterocycles. The third kappa shape index (κ3) is 3.15. The Labute approximate surface area is 164 Å². The van der Waals surface area contributed by atoms with Crippen LogP contribution in [-0.2, 0) is 16.1 Å². The zero-order valence-electron chi connectivity index (χ0n) is 15.9. The summed E-state index contributed by atoms with van der Waals surface area (Å²) in [5.74, 6) is -0.355. The van der Waals surface area contributed by atoms with Crippen LogP contribution in [0.5, 0.6) is 0 Å². The van der Waals surface area contributed by atoms with Crippen molar-refractivity contribution in [3.63, 3.8) is 0 Å². The maximum Gasteiger partial charge on any atom is 0.255 e. The Hall–Kier alpha value is -3.15. The largest absolute Gasteiger partial charge is 0.330 e. The number of fused-ring (bicyclic) bond motifs is 1. The smallest absolute Gasteiger partial charge is 0.255 e. The molecule has 0 bridgehead atoms. The van der Waals surface area contributed by atoms with Crippen LogP contribution in [0.1, 0.15) is 29.3 Å². The van der Waals surface area contributed by atoms with Crippen LogP contribution in [0.15, 0.2) is 54.6 Å². The number of para-hydroxylation sites is 1. The van der Waals surface area contributed by atoms with Gasteiger partial charge in [-0.3, -0.25) is 14.4 Å². The lowest BCUT2D eigenvalue weighted by Gasteiger charge is -2.37. The van der Waals surface area contributed by atoms with Gasteiger partial charge in [0, 0.05) is 30.9 Å². The minimum atomic E-state index is -0.545. The SMILES string of the molecule is CC[C@@H](C(=O)N1CCN(c2ccccc2)C(=O)C1)N1Cc2ccccc2C1=O. The van der Waals surface area contributed by atoms with Gasteiger partial charge in [-0.2, -0.15) is 0 Å². The molecule has 0 unspecified atom stereocenters. The zero-order valence-corrected chi connectivity index (χ0v) is 15.9. The van der Waals surface area contributed by atoms with Crippen LogP contribution in [-0.4, -0.2) is 53.2 Å². The van der Waals surface area contributed by atoms with Crippen LogP contribution in [0.2, 0.25) is 0 Å². The van der Waals surface area contributed by atoms with E-state index in [2.05, 4.69) is 0 Å². The molecule has 4 rings (SSSR count). The molecule has 1 saturated heterocycles. The van der Waals surface area contributed by atoms with E-state index >= 15 is 0 Å². The van der Waals surface area contributed by atoms with Gasteiger partial charge in [-0.25, -0.2) is 0 Å². The number of hydrogen-bond acceptors (Lipinski definition) is 3. The van der Waals surface area contributed by atoms with Crippen molar-refractivity contribution in [3.8, 4) is 0 Å². The molecule has 0 saturated carbocycles. The Morgan fingerprint density at radius 3 is 2.36 bits per heavy atom. The van der Waals surface area contributed by atoms with Crippen LogP contribution >= 0.6 is 0 Å². The number of piperazine rings is 1. The van der Waals surface area contributed by atoms with Crippen LogP contribution < -0.4 is 4.90 Å². The summed E-state index contributed by atoms with van der Waals surface area (Å²) in [7, 11) is 0. The first-order chi connectivity index (χ1) is 13.6. The molecule has 2 heterocycles. The van der Waals surface area contributed by atoms with Crippen molar-refractivity contribution in [2.75, 3.05) is 24.5 Å². The van der Waals surface area contributed by atoms with Gasteiger partial charge in [-0.15, -0.1) is 0 Å². The summed E-state index contributed by atoms with van der Waals surface area (Å²) in [6.45, 7) is 3.31. The van der Waals surface area contributed by atoms with Gasteiger partial charge in [-0.1, -0.05) is 43.3 Å². The van der Waals surface area contributed by atoms with Gasteiger partial charge in [0.15, 0.2) is 0 Å². The minimum absolute atomic E-state index is 0.0409. The maximum absolute atomic E-state index is 13.2. The molecule has 6 nitrogen and oxygen atoms in total. The standard InChI is InChI=1S/C22H23N3O3/c1-2-19(25-14-16-8-6-7-11-18(16)21(25)27)22(28)23-12-13-24(20(26)15-23)17-9-4-3-5-10-17/h3-11,19H,2,12-15H2,1H3/t19-/m0/s1. The summed E-state index contributed by atoms with van der Waals surface area (Å²) in [6, 6.07) is 16.4. The number of anilines is 1. The first-order valence-corrected chi connectivity index (χ1v) is 9.63. The number of rotatable bonds is 4. The fraction of sp³-hybridized carbons (Fsp3) is 0.318. The van der Waals surface area contributed by atoms with Crippen LogP contribution in [0, 0.1) is 0 Å². The van der Waals surface area contributed by atoms with E-state index in [4.69, 9.17) is 0 Å². The number of benzene rings is 2. The molecule has 2 aliphatic heterocycles. The molecular weight excluding hydrogens is 354 g/mol. The number of nitrogens with zero attached hydrogens (tertiary/aromatic N) is 3. The van der Waals surface area contributed by atoms with Gasteiger partial charge in [0.1, 0.15) is 12.6 Å². The number of hydrogen-bond donors (Lipinski definition) is 0. The summed E-state index contributed by atoms with van der Waals surface area (Å²) in [5.41, 5.74) is 2.46. The van der Waals surface area contributed by atoms with Gasteiger partial charge < -0.3 is 14.7 Å².